The van der Waals surface area contributed by atoms with E-state index in [9.17, 15) is 10.1 Å². The van der Waals surface area contributed by atoms with Gasteiger partial charge in [0.05, 0.1) is 12.0 Å². The van der Waals surface area contributed by atoms with Gasteiger partial charge in [0.15, 0.2) is 0 Å². The third-order valence-corrected chi connectivity index (χ3v) is 3.79. The van der Waals surface area contributed by atoms with E-state index in [0.29, 0.717) is 12.1 Å². The predicted octanol–water partition coefficient (Wildman–Crippen LogP) is 2.83. The quantitative estimate of drug-likeness (QED) is 0.910. The van der Waals surface area contributed by atoms with Crippen LogP contribution in [0.5, 0.6) is 0 Å². The number of aliphatic carboxylic acids is 1. The molecule has 18 heavy (non-hydrogen) atoms. The average Bonchev–Trinajstić information content (AvgIpc) is 2.68. The van der Waals surface area contributed by atoms with E-state index < -0.39 is 5.97 Å². The Bertz CT molecular complexity index is 480. The van der Waals surface area contributed by atoms with Gasteiger partial charge in [0.2, 0.25) is 0 Å². The van der Waals surface area contributed by atoms with E-state index in [-0.39, 0.29) is 11.8 Å². The Morgan fingerprint density at radius 2 is 2.17 bits per heavy atom. The third-order valence-electron chi connectivity index (χ3n) is 2.70. The second-order valence-corrected chi connectivity index (χ2v) is 6.11. The first kappa shape index (κ1) is 14.5. The monoisotopic (exact) mass is 266 g/mol. The van der Waals surface area contributed by atoms with Crippen LogP contribution in [0, 0.1) is 11.3 Å². The Kier molecular flexibility index (Phi) is 4.36. The SMILES string of the molecule is CN(CCC(=O)O)c1scc(C(C)(C)C)c1C#N. The minimum atomic E-state index is -0.826. The summed E-state index contributed by atoms with van der Waals surface area (Å²) in [4.78, 5) is 12.4. The fraction of sp³-hybridized carbons (Fsp3) is 0.538. The standard InChI is InChI=1S/C13H18N2O2S/c1-13(2,3)10-8-18-12(9(10)7-14)15(4)6-5-11(16)17/h8H,5-6H2,1-4H3,(H,16,17). The first-order valence-corrected chi connectivity index (χ1v) is 6.60. The molecule has 1 rings (SSSR count). The fourth-order valence-electron chi connectivity index (χ4n) is 1.65. The maximum atomic E-state index is 10.6. The van der Waals surface area contributed by atoms with Crippen molar-refractivity contribution in [3.63, 3.8) is 0 Å². The van der Waals surface area contributed by atoms with Crippen molar-refractivity contribution in [1.29, 1.82) is 5.26 Å². The van der Waals surface area contributed by atoms with E-state index in [2.05, 4.69) is 26.8 Å². The molecule has 0 aliphatic carbocycles. The summed E-state index contributed by atoms with van der Waals surface area (Å²) in [5.41, 5.74) is 1.61. The zero-order chi connectivity index (χ0) is 13.9. The molecule has 0 saturated heterocycles. The number of carboxylic acid groups (broad SMARTS) is 1. The van der Waals surface area contributed by atoms with Crippen molar-refractivity contribution in [3.05, 3.63) is 16.5 Å². The molecular weight excluding hydrogens is 248 g/mol. The van der Waals surface area contributed by atoms with Crippen molar-refractivity contribution in [1.82, 2.24) is 0 Å². The molecule has 0 atom stereocenters. The predicted molar refractivity (Wildman–Crippen MR) is 73.3 cm³/mol. The lowest BCUT2D eigenvalue weighted by Gasteiger charge is -2.20. The van der Waals surface area contributed by atoms with Crippen molar-refractivity contribution < 1.29 is 9.90 Å². The summed E-state index contributed by atoms with van der Waals surface area (Å²) in [7, 11) is 1.82. The molecule has 5 heteroatoms. The van der Waals surface area contributed by atoms with Crippen LogP contribution in [-0.2, 0) is 10.2 Å². The Balaban J connectivity index is 3.01. The Morgan fingerprint density at radius 3 is 2.61 bits per heavy atom. The van der Waals surface area contributed by atoms with E-state index in [0.717, 1.165) is 10.6 Å². The second kappa shape index (κ2) is 5.40. The van der Waals surface area contributed by atoms with Crippen molar-refractivity contribution >= 4 is 22.3 Å². The van der Waals surface area contributed by atoms with Gasteiger partial charge in [-0.05, 0) is 16.4 Å². The number of carboxylic acids is 1. The van der Waals surface area contributed by atoms with E-state index in [1.165, 1.54) is 11.3 Å². The highest BCUT2D eigenvalue weighted by atomic mass is 32.1. The summed E-state index contributed by atoms with van der Waals surface area (Å²) < 4.78 is 0. The summed E-state index contributed by atoms with van der Waals surface area (Å²) in [5, 5.41) is 20.8. The highest BCUT2D eigenvalue weighted by Gasteiger charge is 2.23. The molecule has 4 nitrogen and oxygen atoms in total. The molecule has 0 bridgehead atoms. The summed E-state index contributed by atoms with van der Waals surface area (Å²) in [6.45, 7) is 6.61. The summed E-state index contributed by atoms with van der Waals surface area (Å²) in [6.07, 6.45) is 0.0735. The number of thiophene rings is 1. The van der Waals surface area contributed by atoms with Crippen LogP contribution < -0.4 is 4.90 Å². The van der Waals surface area contributed by atoms with Gasteiger partial charge in [-0.1, -0.05) is 20.8 Å². The Morgan fingerprint density at radius 1 is 1.56 bits per heavy atom. The number of nitriles is 1. The molecule has 0 unspecified atom stereocenters. The van der Waals surface area contributed by atoms with Gasteiger partial charge in [0.1, 0.15) is 11.1 Å². The van der Waals surface area contributed by atoms with Crippen LogP contribution in [0.2, 0.25) is 0 Å². The first-order chi connectivity index (χ1) is 8.27. The van der Waals surface area contributed by atoms with Crippen LogP contribution >= 0.6 is 11.3 Å². The van der Waals surface area contributed by atoms with Crippen LogP contribution in [0.4, 0.5) is 5.00 Å². The normalized spacial score (nSPS) is 11.1. The van der Waals surface area contributed by atoms with Gasteiger partial charge in [-0.2, -0.15) is 5.26 Å². The molecule has 0 spiro atoms. The minimum Gasteiger partial charge on any atom is -0.481 e. The molecule has 0 aliphatic heterocycles. The average molecular weight is 266 g/mol. The fourth-order valence-corrected chi connectivity index (χ4v) is 2.90. The summed E-state index contributed by atoms with van der Waals surface area (Å²) >= 11 is 1.50. The van der Waals surface area contributed by atoms with Crippen LogP contribution in [0.15, 0.2) is 5.38 Å². The van der Waals surface area contributed by atoms with Gasteiger partial charge in [0, 0.05) is 13.6 Å². The van der Waals surface area contributed by atoms with Crippen molar-refractivity contribution in [3.8, 4) is 6.07 Å². The molecule has 0 radical (unpaired) electrons. The molecule has 0 aromatic carbocycles. The molecule has 0 amide bonds. The largest absolute Gasteiger partial charge is 0.481 e. The van der Waals surface area contributed by atoms with Crippen molar-refractivity contribution in [2.75, 3.05) is 18.5 Å². The number of hydrogen-bond donors (Lipinski definition) is 1. The molecule has 0 fully saturated rings. The lowest BCUT2D eigenvalue weighted by molar-refractivity contribution is -0.136. The lowest BCUT2D eigenvalue weighted by Crippen LogP contribution is -2.21. The topological polar surface area (TPSA) is 64.3 Å². The maximum Gasteiger partial charge on any atom is 0.305 e. The molecular formula is C13H18N2O2S. The number of nitrogens with zero attached hydrogens (tertiary/aromatic N) is 2. The maximum absolute atomic E-state index is 10.6. The molecule has 1 aromatic heterocycles. The second-order valence-electron chi connectivity index (χ2n) is 5.26. The minimum absolute atomic E-state index is 0.0735. The highest BCUT2D eigenvalue weighted by Crippen LogP contribution is 2.37. The summed E-state index contributed by atoms with van der Waals surface area (Å²) in [5.74, 6) is -0.826. The first-order valence-electron chi connectivity index (χ1n) is 5.72. The Hall–Kier alpha value is -1.54. The van der Waals surface area contributed by atoms with Crippen molar-refractivity contribution in [2.45, 2.75) is 32.6 Å². The van der Waals surface area contributed by atoms with Gasteiger partial charge >= 0.3 is 5.97 Å². The van der Waals surface area contributed by atoms with Crippen LogP contribution in [0.1, 0.15) is 38.3 Å². The molecule has 1 aromatic rings. The lowest BCUT2D eigenvalue weighted by atomic mass is 9.86. The Labute approximate surface area is 111 Å². The van der Waals surface area contributed by atoms with E-state index >= 15 is 0 Å². The molecule has 1 N–H and O–H groups in total. The summed E-state index contributed by atoms with van der Waals surface area (Å²) in [6, 6.07) is 2.24. The zero-order valence-electron chi connectivity index (χ0n) is 11.1. The van der Waals surface area contributed by atoms with Gasteiger partial charge in [-0.15, -0.1) is 11.3 Å². The molecule has 0 aliphatic rings. The number of rotatable bonds is 4. The van der Waals surface area contributed by atoms with Crippen molar-refractivity contribution in [2.24, 2.45) is 0 Å². The van der Waals surface area contributed by atoms with Gasteiger partial charge in [-0.25, -0.2) is 0 Å². The van der Waals surface area contributed by atoms with Gasteiger partial charge in [-0.3, -0.25) is 4.79 Å². The van der Waals surface area contributed by atoms with Crippen LogP contribution in [0.25, 0.3) is 0 Å². The van der Waals surface area contributed by atoms with E-state index in [4.69, 9.17) is 5.11 Å². The number of anilines is 1. The third kappa shape index (κ3) is 3.23. The number of carbonyl (C=O) groups is 1. The van der Waals surface area contributed by atoms with Gasteiger partial charge < -0.3 is 10.0 Å². The zero-order valence-corrected chi connectivity index (χ0v) is 12.0. The van der Waals surface area contributed by atoms with Crippen LogP contribution in [-0.4, -0.2) is 24.7 Å². The van der Waals surface area contributed by atoms with E-state index in [1.807, 2.05) is 17.3 Å². The highest BCUT2D eigenvalue weighted by molar-refractivity contribution is 7.14. The van der Waals surface area contributed by atoms with E-state index in [1.54, 1.807) is 0 Å². The number of hydrogen-bond acceptors (Lipinski definition) is 4. The molecule has 0 saturated carbocycles. The smallest absolute Gasteiger partial charge is 0.305 e. The van der Waals surface area contributed by atoms with Gasteiger partial charge in [0.25, 0.3) is 0 Å². The molecule has 98 valence electrons. The van der Waals surface area contributed by atoms with Crippen LogP contribution in [0.3, 0.4) is 0 Å². The molecule has 1 heterocycles.